The molecule has 0 radical (unpaired) electrons. The van der Waals surface area contributed by atoms with Crippen LogP contribution >= 0.6 is 0 Å². The van der Waals surface area contributed by atoms with Gasteiger partial charge in [-0.25, -0.2) is 9.37 Å². The van der Waals surface area contributed by atoms with Gasteiger partial charge in [0.2, 0.25) is 5.78 Å². The minimum atomic E-state index is -4.84. The molecule has 1 heterocycles. The van der Waals surface area contributed by atoms with E-state index in [0.717, 1.165) is 30.5 Å². The van der Waals surface area contributed by atoms with Crippen LogP contribution in [-0.4, -0.2) is 17.1 Å². The minimum absolute atomic E-state index is 0.0362. The van der Waals surface area contributed by atoms with Gasteiger partial charge in [-0.1, -0.05) is 12.1 Å². The highest BCUT2D eigenvalue weighted by molar-refractivity contribution is 6.07. The Morgan fingerprint density at radius 2 is 1.90 bits per heavy atom. The molecule has 0 aliphatic heterocycles. The molecule has 0 saturated heterocycles. The summed E-state index contributed by atoms with van der Waals surface area (Å²) in [6, 6.07) is 6.77. The van der Waals surface area contributed by atoms with Crippen LogP contribution in [0, 0.1) is 5.82 Å². The van der Waals surface area contributed by atoms with Crippen LogP contribution in [0.5, 0.6) is 5.75 Å². The Morgan fingerprint density at radius 3 is 2.50 bits per heavy atom. The smallest absolute Gasteiger partial charge is 0.406 e. The summed E-state index contributed by atoms with van der Waals surface area (Å²) in [7, 11) is 0. The molecule has 0 amide bonds. The Morgan fingerprint density at radius 1 is 1.15 bits per heavy atom. The fourth-order valence-electron chi connectivity index (χ4n) is 1.49. The molecule has 2 rings (SSSR count). The zero-order valence-electron chi connectivity index (χ0n) is 9.82. The molecule has 0 bridgehead atoms. The van der Waals surface area contributed by atoms with Crippen LogP contribution in [0.4, 0.5) is 17.6 Å². The maximum absolute atomic E-state index is 12.7. The van der Waals surface area contributed by atoms with Crippen molar-refractivity contribution < 1.29 is 27.1 Å². The molecule has 0 N–H and O–H groups in total. The highest BCUT2D eigenvalue weighted by Gasteiger charge is 2.31. The molecular formula is C13H7F4NO2. The van der Waals surface area contributed by atoms with Crippen LogP contribution in [0.2, 0.25) is 0 Å². The van der Waals surface area contributed by atoms with E-state index in [1.54, 1.807) is 0 Å². The summed E-state index contributed by atoms with van der Waals surface area (Å²) in [6.07, 6.45) is -3.99. The van der Waals surface area contributed by atoms with Crippen molar-refractivity contribution in [2.45, 2.75) is 6.36 Å². The first kappa shape index (κ1) is 14.0. The number of halogens is 4. The molecule has 1 aromatic heterocycles. The Bertz CT molecular complexity index is 623. The monoisotopic (exact) mass is 285 g/mol. The Kier molecular flexibility index (Phi) is 3.69. The van der Waals surface area contributed by atoms with Crippen LogP contribution in [0.1, 0.15) is 16.1 Å². The van der Waals surface area contributed by atoms with E-state index in [9.17, 15) is 22.4 Å². The van der Waals surface area contributed by atoms with Gasteiger partial charge in [-0.05, 0) is 24.3 Å². The van der Waals surface area contributed by atoms with E-state index in [-0.39, 0.29) is 11.3 Å². The number of hydrogen-bond acceptors (Lipinski definition) is 3. The molecule has 20 heavy (non-hydrogen) atoms. The van der Waals surface area contributed by atoms with Crippen LogP contribution < -0.4 is 4.74 Å². The molecule has 7 heteroatoms. The Hall–Kier alpha value is -2.44. The lowest BCUT2D eigenvalue weighted by atomic mass is 10.1. The molecule has 0 saturated carbocycles. The summed E-state index contributed by atoms with van der Waals surface area (Å²) in [5.74, 6) is -1.75. The lowest BCUT2D eigenvalue weighted by molar-refractivity contribution is -0.274. The fraction of sp³-hybridized carbons (Fsp3) is 0.0769. The average molecular weight is 285 g/mol. The quantitative estimate of drug-likeness (QED) is 0.641. The van der Waals surface area contributed by atoms with Gasteiger partial charge in [-0.3, -0.25) is 4.79 Å². The van der Waals surface area contributed by atoms with Gasteiger partial charge in [0.1, 0.15) is 17.3 Å². The molecule has 0 spiro atoms. The third-order valence-corrected chi connectivity index (χ3v) is 2.29. The zero-order chi connectivity index (χ0) is 14.8. The summed E-state index contributed by atoms with van der Waals surface area (Å²) in [5.41, 5.74) is -0.110. The first-order chi connectivity index (χ1) is 9.35. The van der Waals surface area contributed by atoms with Crippen molar-refractivity contribution in [1.29, 1.82) is 0 Å². The SMILES string of the molecule is O=C(c1cccc(OC(F)(F)F)c1)c1ccc(F)cn1. The van der Waals surface area contributed by atoms with Crippen LogP contribution in [0.25, 0.3) is 0 Å². The van der Waals surface area contributed by atoms with Gasteiger partial charge < -0.3 is 4.74 Å². The van der Waals surface area contributed by atoms with E-state index in [1.807, 2.05) is 0 Å². The summed E-state index contributed by atoms with van der Waals surface area (Å²) in [6.45, 7) is 0. The van der Waals surface area contributed by atoms with Gasteiger partial charge in [0.15, 0.2) is 0 Å². The summed E-state index contributed by atoms with van der Waals surface area (Å²) in [4.78, 5) is 15.5. The highest BCUT2D eigenvalue weighted by atomic mass is 19.4. The predicted molar refractivity (Wildman–Crippen MR) is 60.8 cm³/mol. The van der Waals surface area contributed by atoms with Crippen LogP contribution in [0.15, 0.2) is 42.6 Å². The second-order valence-corrected chi connectivity index (χ2v) is 3.77. The maximum atomic E-state index is 12.7. The number of pyridine rings is 1. The third-order valence-electron chi connectivity index (χ3n) is 2.29. The number of ketones is 1. The number of alkyl halides is 3. The van der Waals surface area contributed by atoms with E-state index in [1.165, 1.54) is 12.1 Å². The van der Waals surface area contributed by atoms with Gasteiger partial charge in [-0.2, -0.15) is 0 Å². The first-order valence-electron chi connectivity index (χ1n) is 5.37. The Labute approximate surface area is 110 Å². The zero-order valence-corrected chi connectivity index (χ0v) is 9.82. The molecule has 0 fully saturated rings. The number of hydrogen-bond donors (Lipinski definition) is 0. The van der Waals surface area contributed by atoms with E-state index in [2.05, 4.69) is 9.72 Å². The largest absolute Gasteiger partial charge is 0.573 e. The van der Waals surface area contributed by atoms with Crippen molar-refractivity contribution in [3.05, 3.63) is 59.7 Å². The first-order valence-corrected chi connectivity index (χ1v) is 5.37. The molecule has 0 aliphatic rings. The number of ether oxygens (including phenoxy) is 1. The molecule has 104 valence electrons. The molecule has 3 nitrogen and oxygen atoms in total. The predicted octanol–water partition coefficient (Wildman–Crippen LogP) is 3.35. The molecular weight excluding hydrogens is 278 g/mol. The number of aromatic nitrogens is 1. The number of nitrogens with zero attached hydrogens (tertiary/aromatic N) is 1. The van der Waals surface area contributed by atoms with Gasteiger partial charge in [0, 0.05) is 5.56 Å². The van der Waals surface area contributed by atoms with E-state index in [4.69, 9.17) is 0 Å². The Balaban J connectivity index is 2.26. The summed E-state index contributed by atoms with van der Waals surface area (Å²) < 4.78 is 52.6. The van der Waals surface area contributed by atoms with E-state index < -0.39 is 23.7 Å². The highest BCUT2D eigenvalue weighted by Crippen LogP contribution is 2.24. The average Bonchev–Trinajstić information content (AvgIpc) is 2.37. The number of benzene rings is 1. The number of carbonyl (C=O) groups is 1. The van der Waals surface area contributed by atoms with Gasteiger partial charge >= 0.3 is 6.36 Å². The van der Waals surface area contributed by atoms with Crippen LogP contribution in [-0.2, 0) is 0 Å². The lowest BCUT2D eigenvalue weighted by Crippen LogP contribution is -2.17. The van der Waals surface area contributed by atoms with E-state index in [0.29, 0.717) is 0 Å². The minimum Gasteiger partial charge on any atom is -0.406 e. The summed E-state index contributed by atoms with van der Waals surface area (Å²) >= 11 is 0. The normalized spacial score (nSPS) is 11.2. The number of carbonyl (C=O) groups excluding carboxylic acids is 1. The van der Waals surface area contributed by atoms with Crippen molar-refractivity contribution in [2.75, 3.05) is 0 Å². The number of rotatable bonds is 3. The fourth-order valence-corrected chi connectivity index (χ4v) is 1.49. The third kappa shape index (κ3) is 3.53. The van der Waals surface area contributed by atoms with Gasteiger partial charge in [0.05, 0.1) is 6.20 Å². The van der Waals surface area contributed by atoms with Crippen LogP contribution in [0.3, 0.4) is 0 Å². The van der Waals surface area contributed by atoms with Gasteiger partial charge in [-0.15, -0.1) is 13.2 Å². The van der Waals surface area contributed by atoms with Crippen molar-refractivity contribution in [3.63, 3.8) is 0 Å². The van der Waals surface area contributed by atoms with Gasteiger partial charge in [0.25, 0.3) is 0 Å². The maximum Gasteiger partial charge on any atom is 0.573 e. The van der Waals surface area contributed by atoms with Crippen molar-refractivity contribution >= 4 is 5.78 Å². The standard InChI is InChI=1S/C13H7F4NO2/c14-9-4-5-11(18-7-9)12(19)8-2-1-3-10(6-8)20-13(15,16)17/h1-7H. The van der Waals surface area contributed by atoms with Crippen molar-refractivity contribution in [3.8, 4) is 5.75 Å². The van der Waals surface area contributed by atoms with E-state index >= 15 is 0 Å². The molecule has 0 unspecified atom stereocenters. The molecule has 0 aliphatic carbocycles. The second kappa shape index (κ2) is 5.28. The molecule has 2 aromatic rings. The molecule has 0 atom stereocenters. The second-order valence-electron chi connectivity index (χ2n) is 3.77. The van der Waals surface area contributed by atoms with Crippen molar-refractivity contribution in [2.24, 2.45) is 0 Å². The van der Waals surface area contributed by atoms with Crippen molar-refractivity contribution in [1.82, 2.24) is 4.98 Å². The topological polar surface area (TPSA) is 39.2 Å². The lowest BCUT2D eigenvalue weighted by Gasteiger charge is -2.09. The summed E-state index contributed by atoms with van der Waals surface area (Å²) in [5, 5.41) is 0. The molecule has 1 aromatic carbocycles.